The first kappa shape index (κ1) is 16.9. The summed E-state index contributed by atoms with van der Waals surface area (Å²) in [5.41, 5.74) is 4.65. The Morgan fingerprint density at radius 1 is 1.19 bits per heavy atom. The molecule has 1 aliphatic heterocycles. The third-order valence-corrected chi connectivity index (χ3v) is 5.54. The molecule has 0 saturated carbocycles. The Balaban J connectivity index is 1.51. The Morgan fingerprint density at radius 2 is 1.92 bits per heavy atom. The molecule has 1 aliphatic carbocycles. The van der Waals surface area contributed by atoms with E-state index in [4.69, 9.17) is 9.47 Å². The van der Waals surface area contributed by atoms with Gasteiger partial charge in [0.2, 0.25) is 5.91 Å². The van der Waals surface area contributed by atoms with Crippen LogP contribution in [0.5, 0.6) is 11.5 Å². The number of aryl methyl sites for hydroxylation is 2. The van der Waals surface area contributed by atoms with Crippen LogP contribution in [0.15, 0.2) is 12.1 Å². The Bertz CT molecular complexity index is 843. The minimum Gasteiger partial charge on any atom is -0.493 e. The van der Waals surface area contributed by atoms with E-state index in [1.807, 2.05) is 24.0 Å². The van der Waals surface area contributed by atoms with Crippen molar-refractivity contribution in [2.24, 2.45) is 5.92 Å². The van der Waals surface area contributed by atoms with Crippen LogP contribution in [0.1, 0.15) is 34.8 Å². The lowest BCUT2D eigenvalue weighted by Gasteiger charge is -2.33. The highest BCUT2D eigenvalue weighted by Gasteiger charge is 2.32. The lowest BCUT2D eigenvalue weighted by Crippen LogP contribution is -2.41. The average molecular weight is 355 g/mol. The van der Waals surface area contributed by atoms with Crippen molar-refractivity contribution in [3.63, 3.8) is 0 Å². The summed E-state index contributed by atoms with van der Waals surface area (Å²) < 4.78 is 10.8. The second kappa shape index (κ2) is 6.67. The molecule has 2 aliphatic rings. The number of carbonyl (C=O) groups excluding carboxylic acids is 1. The van der Waals surface area contributed by atoms with E-state index in [9.17, 15) is 4.79 Å². The Kier molecular flexibility index (Phi) is 4.34. The van der Waals surface area contributed by atoms with Crippen molar-refractivity contribution in [3.05, 3.63) is 40.5 Å². The number of aromatic amines is 1. The second-order valence-corrected chi connectivity index (χ2v) is 7.17. The number of nitrogens with one attached hydrogen (secondary N) is 1. The van der Waals surface area contributed by atoms with Crippen LogP contribution in [0.3, 0.4) is 0 Å². The van der Waals surface area contributed by atoms with E-state index >= 15 is 0 Å². The van der Waals surface area contributed by atoms with Crippen molar-refractivity contribution >= 4 is 5.91 Å². The fraction of sp³-hybridized carbons (Fsp3) is 0.500. The maximum Gasteiger partial charge on any atom is 0.226 e. The van der Waals surface area contributed by atoms with Crippen LogP contribution < -0.4 is 9.47 Å². The maximum absolute atomic E-state index is 13.1. The number of aromatic nitrogens is 2. The minimum absolute atomic E-state index is 0.0454. The van der Waals surface area contributed by atoms with Crippen LogP contribution in [0.4, 0.5) is 0 Å². The molecule has 0 saturated heterocycles. The molecule has 138 valence electrons. The molecule has 1 amide bonds. The summed E-state index contributed by atoms with van der Waals surface area (Å²) in [5.74, 6) is 2.71. The summed E-state index contributed by atoms with van der Waals surface area (Å²) in [6, 6.07) is 4.04. The third-order valence-electron chi connectivity index (χ3n) is 5.54. The van der Waals surface area contributed by atoms with Gasteiger partial charge in [-0.25, -0.2) is 4.98 Å². The molecule has 4 rings (SSSR count). The maximum atomic E-state index is 13.1. The quantitative estimate of drug-likeness (QED) is 0.918. The number of hydrogen-bond acceptors (Lipinski definition) is 4. The molecule has 0 fully saturated rings. The highest BCUT2D eigenvalue weighted by molar-refractivity contribution is 5.80. The number of nitrogens with zero attached hydrogens (tertiary/aromatic N) is 2. The number of imidazole rings is 1. The summed E-state index contributed by atoms with van der Waals surface area (Å²) in [4.78, 5) is 22.9. The van der Waals surface area contributed by atoms with Gasteiger partial charge in [0, 0.05) is 31.1 Å². The van der Waals surface area contributed by atoms with E-state index in [0.717, 1.165) is 66.5 Å². The molecular weight excluding hydrogens is 330 g/mol. The van der Waals surface area contributed by atoms with Crippen molar-refractivity contribution in [2.45, 2.75) is 39.2 Å². The molecule has 0 bridgehead atoms. The smallest absolute Gasteiger partial charge is 0.226 e. The van der Waals surface area contributed by atoms with Gasteiger partial charge in [-0.3, -0.25) is 4.79 Å². The van der Waals surface area contributed by atoms with Gasteiger partial charge in [-0.15, -0.1) is 0 Å². The largest absolute Gasteiger partial charge is 0.493 e. The highest BCUT2D eigenvalue weighted by atomic mass is 16.5. The number of fused-ring (bicyclic) bond motifs is 2. The summed E-state index contributed by atoms with van der Waals surface area (Å²) in [6.07, 6.45) is 3.38. The van der Waals surface area contributed by atoms with Crippen molar-refractivity contribution in [1.29, 1.82) is 0 Å². The van der Waals surface area contributed by atoms with Crippen LogP contribution in [0.2, 0.25) is 0 Å². The Labute approximate surface area is 153 Å². The second-order valence-electron chi connectivity index (χ2n) is 7.17. The van der Waals surface area contributed by atoms with Gasteiger partial charge in [0.1, 0.15) is 5.82 Å². The minimum atomic E-state index is 0.0454. The van der Waals surface area contributed by atoms with Crippen LogP contribution in [0.25, 0.3) is 0 Å². The number of ether oxygens (including phenoxy) is 2. The molecule has 0 spiro atoms. The van der Waals surface area contributed by atoms with E-state index in [-0.39, 0.29) is 11.8 Å². The SMILES string of the molecule is COc1cc2c(cc1OC)CN(C(=O)C1CCc3nc(C)[nH]c3C1)CC2. The number of amides is 1. The van der Waals surface area contributed by atoms with Crippen LogP contribution >= 0.6 is 0 Å². The molecule has 26 heavy (non-hydrogen) atoms. The molecule has 0 radical (unpaired) electrons. The summed E-state index contributed by atoms with van der Waals surface area (Å²) in [5, 5.41) is 0. The van der Waals surface area contributed by atoms with Crippen molar-refractivity contribution in [2.75, 3.05) is 20.8 Å². The first-order valence-corrected chi connectivity index (χ1v) is 9.16. The lowest BCUT2D eigenvalue weighted by atomic mass is 9.88. The van der Waals surface area contributed by atoms with E-state index < -0.39 is 0 Å². The monoisotopic (exact) mass is 355 g/mol. The lowest BCUT2D eigenvalue weighted by molar-refractivity contribution is -0.136. The van der Waals surface area contributed by atoms with Crippen LogP contribution in [0, 0.1) is 12.8 Å². The first-order chi connectivity index (χ1) is 12.6. The Hall–Kier alpha value is -2.50. The first-order valence-electron chi connectivity index (χ1n) is 9.16. The predicted octanol–water partition coefficient (Wildman–Crippen LogP) is 2.43. The molecule has 1 unspecified atom stereocenters. The normalized spacial score (nSPS) is 18.9. The van der Waals surface area contributed by atoms with Gasteiger partial charge in [0.25, 0.3) is 0 Å². The number of benzene rings is 1. The summed E-state index contributed by atoms with van der Waals surface area (Å²) in [7, 11) is 3.29. The van der Waals surface area contributed by atoms with Gasteiger partial charge in [-0.05, 0) is 49.4 Å². The van der Waals surface area contributed by atoms with Crippen LogP contribution in [-0.2, 0) is 30.6 Å². The molecule has 6 heteroatoms. The van der Waals surface area contributed by atoms with Crippen molar-refractivity contribution in [1.82, 2.24) is 14.9 Å². The van der Waals surface area contributed by atoms with Crippen LogP contribution in [-0.4, -0.2) is 41.5 Å². The van der Waals surface area contributed by atoms with E-state index in [0.29, 0.717) is 6.54 Å². The molecule has 1 aromatic carbocycles. The molecule has 2 heterocycles. The van der Waals surface area contributed by atoms with Gasteiger partial charge >= 0.3 is 0 Å². The van der Waals surface area contributed by atoms with Crippen molar-refractivity contribution in [3.8, 4) is 11.5 Å². The molecular formula is C20H25N3O3. The number of hydrogen-bond donors (Lipinski definition) is 1. The van der Waals surface area contributed by atoms with Crippen molar-refractivity contribution < 1.29 is 14.3 Å². The van der Waals surface area contributed by atoms with Gasteiger partial charge in [0.05, 0.1) is 19.9 Å². The number of rotatable bonds is 3. The zero-order valence-electron chi connectivity index (χ0n) is 15.6. The van der Waals surface area contributed by atoms with Gasteiger partial charge in [0.15, 0.2) is 11.5 Å². The highest BCUT2D eigenvalue weighted by Crippen LogP contribution is 2.34. The zero-order chi connectivity index (χ0) is 18.3. The molecule has 1 N–H and O–H groups in total. The standard InChI is InChI=1S/C20H25N3O3/c1-12-21-16-5-4-14(8-17(16)22-12)20(24)23-7-6-13-9-18(25-2)19(26-3)10-15(13)11-23/h9-10,14H,4-8,11H2,1-3H3,(H,21,22). The number of carbonyl (C=O) groups is 1. The molecule has 2 aromatic rings. The average Bonchev–Trinajstić information content (AvgIpc) is 3.04. The predicted molar refractivity (Wildman–Crippen MR) is 97.5 cm³/mol. The Morgan fingerprint density at radius 3 is 2.65 bits per heavy atom. The molecule has 1 aromatic heterocycles. The summed E-state index contributed by atoms with van der Waals surface area (Å²) >= 11 is 0. The van der Waals surface area contributed by atoms with E-state index in [2.05, 4.69) is 9.97 Å². The van der Waals surface area contributed by atoms with E-state index in [1.165, 1.54) is 5.56 Å². The molecule has 6 nitrogen and oxygen atoms in total. The number of H-pyrrole nitrogens is 1. The zero-order valence-corrected chi connectivity index (χ0v) is 15.6. The fourth-order valence-electron chi connectivity index (χ4n) is 4.16. The fourth-order valence-corrected chi connectivity index (χ4v) is 4.16. The number of methoxy groups -OCH3 is 2. The van der Waals surface area contributed by atoms with Gasteiger partial charge < -0.3 is 19.4 Å². The van der Waals surface area contributed by atoms with E-state index in [1.54, 1.807) is 14.2 Å². The third kappa shape index (κ3) is 2.93. The molecule has 1 atom stereocenters. The topological polar surface area (TPSA) is 67.5 Å². The van der Waals surface area contributed by atoms with Gasteiger partial charge in [-0.2, -0.15) is 0 Å². The van der Waals surface area contributed by atoms with Gasteiger partial charge in [-0.1, -0.05) is 0 Å². The summed E-state index contributed by atoms with van der Waals surface area (Å²) in [6.45, 7) is 3.37.